The summed E-state index contributed by atoms with van der Waals surface area (Å²) in [5, 5.41) is 13.3. The Bertz CT molecular complexity index is 346. The molecule has 0 radical (unpaired) electrons. The maximum atomic E-state index is 11.0. The van der Waals surface area contributed by atoms with Crippen molar-refractivity contribution in [3.63, 3.8) is 0 Å². The number of carboxylic acid groups (broad SMARTS) is 1. The molecule has 1 saturated carbocycles. The van der Waals surface area contributed by atoms with Crippen LogP contribution in [0.2, 0.25) is 0 Å². The zero-order chi connectivity index (χ0) is 10.1. The van der Waals surface area contributed by atoms with E-state index >= 15 is 0 Å². The van der Waals surface area contributed by atoms with E-state index in [0.29, 0.717) is 0 Å². The molecule has 14 heavy (non-hydrogen) atoms. The molecule has 2 atom stereocenters. The molecule has 2 unspecified atom stereocenters. The Morgan fingerprint density at radius 1 is 1.64 bits per heavy atom. The third kappa shape index (κ3) is 1.52. The Balaban J connectivity index is 2.21. The van der Waals surface area contributed by atoms with Crippen LogP contribution in [-0.2, 0) is 4.79 Å². The fourth-order valence-electron chi connectivity index (χ4n) is 2.16. The first-order chi connectivity index (χ1) is 6.68. The van der Waals surface area contributed by atoms with Crippen molar-refractivity contribution in [2.24, 2.45) is 5.92 Å². The lowest BCUT2D eigenvalue weighted by molar-refractivity contribution is -0.142. The average molecular weight is 194 g/mol. The quantitative estimate of drug-likeness (QED) is 0.778. The van der Waals surface area contributed by atoms with Gasteiger partial charge in [-0.05, 0) is 25.8 Å². The molecular formula is C10H14N2O2. The molecule has 1 aromatic rings. The molecule has 0 saturated heterocycles. The van der Waals surface area contributed by atoms with Crippen LogP contribution in [0.3, 0.4) is 0 Å². The predicted molar refractivity (Wildman–Crippen MR) is 51.0 cm³/mol. The summed E-state index contributed by atoms with van der Waals surface area (Å²) >= 11 is 0. The highest BCUT2D eigenvalue weighted by atomic mass is 16.4. The molecule has 1 N–H and O–H groups in total. The van der Waals surface area contributed by atoms with Crippen LogP contribution in [0.1, 0.15) is 31.0 Å². The molecule has 0 aliphatic heterocycles. The van der Waals surface area contributed by atoms with E-state index in [1.165, 1.54) is 0 Å². The van der Waals surface area contributed by atoms with Crippen LogP contribution < -0.4 is 0 Å². The van der Waals surface area contributed by atoms with Gasteiger partial charge in [-0.1, -0.05) is 6.42 Å². The van der Waals surface area contributed by atoms with Crippen molar-refractivity contribution in [3.8, 4) is 0 Å². The van der Waals surface area contributed by atoms with Gasteiger partial charge < -0.3 is 5.11 Å². The summed E-state index contributed by atoms with van der Waals surface area (Å²) in [6.45, 7) is 1.92. The van der Waals surface area contributed by atoms with Gasteiger partial charge in [-0.15, -0.1) is 0 Å². The smallest absolute Gasteiger partial charge is 0.308 e. The molecule has 1 heterocycles. The number of nitrogens with zero attached hydrogens (tertiary/aromatic N) is 2. The van der Waals surface area contributed by atoms with Crippen molar-refractivity contribution in [1.82, 2.24) is 9.78 Å². The highest BCUT2D eigenvalue weighted by molar-refractivity contribution is 5.71. The second-order valence-corrected chi connectivity index (χ2v) is 3.88. The van der Waals surface area contributed by atoms with Crippen LogP contribution >= 0.6 is 0 Å². The van der Waals surface area contributed by atoms with Gasteiger partial charge >= 0.3 is 5.97 Å². The summed E-state index contributed by atoms with van der Waals surface area (Å²) in [7, 11) is 0. The van der Waals surface area contributed by atoms with Gasteiger partial charge in [-0.25, -0.2) is 0 Å². The first-order valence-corrected chi connectivity index (χ1v) is 4.93. The minimum absolute atomic E-state index is 0.0567. The fourth-order valence-corrected chi connectivity index (χ4v) is 2.16. The Morgan fingerprint density at radius 2 is 2.43 bits per heavy atom. The lowest BCUT2D eigenvalue weighted by Crippen LogP contribution is -2.22. The molecule has 1 aromatic heterocycles. The van der Waals surface area contributed by atoms with Gasteiger partial charge in [-0.3, -0.25) is 9.48 Å². The molecule has 2 rings (SSSR count). The molecule has 0 amide bonds. The highest BCUT2D eigenvalue weighted by Gasteiger charge is 2.34. The molecule has 4 heteroatoms. The Morgan fingerprint density at radius 3 is 3.00 bits per heavy atom. The van der Waals surface area contributed by atoms with Crippen molar-refractivity contribution in [2.75, 3.05) is 0 Å². The minimum Gasteiger partial charge on any atom is -0.481 e. The number of carbonyl (C=O) groups is 1. The molecule has 0 spiro atoms. The predicted octanol–water partition coefficient (Wildman–Crippen LogP) is 1.62. The number of hydrogen-bond donors (Lipinski definition) is 1. The molecule has 0 bridgehead atoms. The number of aryl methyl sites for hydroxylation is 1. The number of aliphatic carboxylic acids is 1. The lowest BCUT2D eigenvalue weighted by atomic mass is 10.0. The van der Waals surface area contributed by atoms with Gasteiger partial charge in [0.15, 0.2) is 0 Å². The van der Waals surface area contributed by atoms with E-state index in [4.69, 9.17) is 5.11 Å². The number of hydrogen-bond acceptors (Lipinski definition) is 2. The van der Waals surface area contributed by atoms with E-state index in [0.717, 1.165) is 25.0 Å². The van der Waals surface area contributed by atoms with Crippen molar-refractivity contribution < 1.29 is 9.90 Å². The molecular weight excluding hydrogens is 180 g/mol. The monoisotopic (exact) mass is 194 g/mol. The van der Waals surface area contributed by atoms with Crippen LogP contribution in [0.25, 0.3) is 0 Å². The van der Waals surface area contributed by atoms with E-state index in [1.54, 1.807) is 4.68 Å². The van der Waals surface area contributed by atoms with Crippen molar-refractivity contribution in [2.45, 2.75) is 32.2 Å². The van der Waals surface area contributed by atoms with Gasteiger partial charge in [0.2, 0.25) is 0 Å². The topological polar surface area (TPSA) is 55.1 Å². The van der Waals surface area contributed by atoms with Crippen molar-refractivity contribution >= 4 is 5.97 Å². The van der Waals surface area contributed by atoms with Crippen LogP contribution in [0.5, 0.6) is 0 Å². The highest BCUT2D eigenvalue weighted by Crippen LogP contribution is 2.35. The SMILES string of the molecule is Cc1ccn(C2CCCC2C(=O)O)n1. The van der Waals surface area contributed by atoms with E-state index in [-0.39, 0.29) is 12.0 Å². The third-order valence-corrected chi connectivity index (χ3v) is 2.88. The third-order valence-electron chi connectivity index (χ3n) is 2.88. The van der Waals surface area contributed by atoms with Gasteiger partial charge in [0.25, 0.3) is 0 Å². The van der Waals surface area contributed by atoms with Crippen LogP contribution in [0.4, 0.5) is 0 Å². The van der Waals surface area contributed by atoms with Crippen LogP contribution in [0, 0.1) is 12.8 Å². The van der Waals surface area contributed by atoms with E-state index in [2.05, 4.69) is 5.10 Å². The molecule has 0 aromatic carbocycles. The Kier molecular flexibility index (Phi) is 2.27. The lowest BCUT2D eigenvalue weighted by Gasteiger charge is -2.15. The Labute approximate surface area is 82.5 Å². The second-order valence-electron chi connectivity index (χ2n) is 3.88. The van der Waals surface area contributed by atoms with E-state index < -0.39 is 5.97 Å². The molecule has 4 nitrogen and oxygen atoms in total. The summed E-state index contributed by atoms with van der Waals surface area (Å²) in [4.78, 5) is 11.0. The van der Waals surface area contributed by atoms with Gasteiger partial charge in [0.05, 0.1) is 17.7 Å². The summed E-state index contributed by atoms with van der Waals surface area (Å²) in [6, 6.07) is 1.97. The van der Waals surface area contributed by atoms with Gasteiger partial charge in [-0.2, -0.15) is 5.10 Å². The van der Waals surface area contributed by atoms with Crippen molar-refractivity contribution in [1.29, 1.82) is 0 Å². The summed E-state index contributed by atoms with van der Waals surface area (Å²) in [5.74, 6) is -0.949. The summed E-state index contributed by atoms with van der Waals surface area (Å²) in [6.07, 6.45) is 4.57. The number of rotatable bonds is 2. The maximum Gasteiger partial charge on any atom is 0.308 e. The van der Waals surface area contributed by atoms with Crippen molar-refractivity contribution in [3.05, 3.63) is 18.0 Å². The van der Waals surface area contributed by atoms with Crippen LogP contribution in [0.15, 0.2) is 12.3 Å². The number of carboxylic acids is 1. The summed E-state index contributed by atoms with van der Waals surface area (Å²) < 4.78 is 1.81. The van der Waals surface area contributed by atoms with Gasteiger partial charge in [0, 0.05) is 6.20 Å². The first kappa shape index (κ1) is 9.24. The zero-order valence-corrected chi connectivity index (χ0v) is 8.18. The zero-order valence-electron chi connectivity index (χ0n) is 8.18. The van der Waals surface area contributed by atoms with E-state index in [1.807, 2.05) is 19.2 Å². The van der Waals surface area contributed by atoms with E-state index in [9.17, 15) is 4.79 Å². The minimum atomic E-state index is -0.694. The number of aromatic nitrogens is 2. The molecule has 1 aliphatic rings. The molecule has 1 aliphatic carbocycles. The standard InChI is InChI=1S/C10H14N2O2/c1-7-5-6-12(11-7)9-4-2-3-8(9)10(13)14/h5-6,8-9H,2-4H2,1H3,(H,13,14). The van der Waals surface area contributed by atoms with Gasteiger partial charge in [0.1, 0.15) is 0 Å². The Hall–Kier alpha value is -1.32. The fraction of sp³-hybridized carbons (Fsp3) is 0.600. The normalized spacial score (nSPS) is 26.6. The molecule has 76 valence electrons. The largest absolute Gasteiger partial charge is 0.481 e. The molecule has 1 fully saturated rings. The second kappa shape index (κ2) is 3.44. The summed E-state index contributed by atoms with van der Waals surface area (Å²) in [5.41, 5.74) is 0.945. The maximum absolute atomic E-state index is 11.0. The average Bonchev–Trinajstić information content (AvgIpc) is 2.70. The van der Waals surface area contributed by atoms with Crippen LogP contribution in [-0.4, -0.2) is 20.9 Å². The first-order valence-electron chi connectivity index (χ1n) is 4.93.